The van der Waals surface area contributed by atoms with Crippen molar-refractivity contribution in [3.05, 3.63) is 41.6 Å². The van der Waals surface area contributed by atoms with Crippen molar-refractivity contribution in [1.29, 1.82) is 0 Å². The van der Waals surface area contributed by atoms with E-state index in [2.05, 4.69) is 15.2 Å². The molecule has 88 valence electrons. The Kier molecular flexibility index (Phi) is 2.67. The lowest BCUT2D eigenvalue weighted by Gasteiger charge is -2.24. The average Bonchev–Trinajstić information content (AvgIpc) is 2.29. The predicted octanol–water partition coefficient (Wildman–Crippen LogP) is 1.36. The maximum absolute atomic E-state index is 5.85. The third kappa shape index (κ3) is 2.04. The van der Waals surface area contributed by atoms with Gasteiger partial charge in [-0.05, 0) is 19.4 Å². The van der Waals surface area contributed by atoms with Crippen LogP contribution in [0.15, 0.2) is 30.3 Å². The second kappa shape index (κ2) is 4.01. The van der Waals surface area contributed by atoms with E-state index in [0.29, 0.717) is 11.5 Å². The van der Waals surface area contributed by atoms with Gasteiger partial charge in [0.15, 0.2) is 5.82 Å². The number of aromatic nitrogens is 3. The molecule has 1 aromatic carbocycles. The number of nitrogens with two attached hydrogens (primary N) is 2. The minimum absolute atomic E-state index is 0.0927. The van der Waals surface area contributed by atoms with Crippen LogP contribution in [0.25, 0.3) is 0 Å². The molecule has 0 atom stereocenters. The van der Waals surface area contributed by atoms with E-state index in [-0.39, 0.29) is 11.4 Å². The van der Waals surface area contributed by atoms with Gasteiger partial charge in [0, 0.05) is 5.41 Å². The Hall–Kier alpha value is -2.17. The van der Waals surface area contributed by atoms with Crippen LogP contribution in [0.5, 0.6) is 0 Å². The highest BCUT2D eigenvalue weighted by Gasteiger charge is 2.28. The standard InChI is InChI=1S/C12H15N5/c1-12(2,8-6-4-3-5-7-8)9-10(13)15-11(14)17-16-9/h3-7H,1-2H3,(H4,13,14,15,17). The van der Waals surface area contributed by atoms with Gasteiger partial charge in [-0.25, -0.2) is 0 Å². The molecule has 0 amide bonds. The number of benzene rings is 1. The zero-order valence-electron chi connectivity index (χ0n) is 9.88. The molecule has 1 aromatic heterocycles. The molecule has 2 rings (SSSR count). The molecule has 0 aliphatic carbocycles. The zero-order valence-corrected chi connectivity index (χ0v) is 9.88. The van der Waals surface area contributed by atoms with Gasteiger partial charge in [0.05, 0.1) is 0 Å². The van der Waals surface area contributed by atoms with Crippen molar-refractivity contribution in [1.82, 2.24) is 15.2 Å². The van der Waals surface area contributed by atoms with E-state index in [1.165, 1.54) is 0 Å². The number of anilines is 2. The first-order valence-corrected chi connectivity index (χ1v) is 5.33. The lowest BCUT2D eigenvalue weighted by molar-refractivity contribution is 0.603. The normalized spacial score (nSPS) is 11.4. The van der Waals surface area contributed by atoms with E-state index in [1.54, 1.807) is 0 Å². The van der Waals surface area contributed by atoms with Crippen LogP contribution in [-0.2, 0) is 5.41 Å². The summed E-state index contributed by atoms with van der Waals surface area (Å²) in [6.07, 6.45) is 0. The molecular weight excluding hydrogens is 214 g/mol. The predicted molar refractivity (Wildman–Crippen MR) is 67.2 cm³/mol. The summed E-state index contributed by atoms with van der Waals surface area (Å²) in [7, 11) is 0. The van der Waals surface area contributed by atoms with Gasteiger partial charge in [0.2, 0.25) is 5.95 Å². The molecule has 4 N–H and O–H groups in total. The van der Waals surface area contributed by atoms with E-state index in [0.717, 1.165) is 5.56 Å². The molecule has 2 aromatic rings. The molecule has 0 saturated carbocycles. The van der Waals surface area contributed by atoms with Crippen molar-refractivity contribution in [2.45, 2.75) is 19.3 Å². The van der Waals surface area contributed by atoms with Gasteiger partial charge in [-0.15, -0.1) is 10.2 Å². The summed E-state index contributed by atoms with van der Waals surface area (Å²) in [6, 6.07) is 9.97. The topological polar surface area (TPSA) is 90.7 Å². The van der Waals surface area contributed by atoms with Crippen LogP contribution in [0.3, 0.4) is 0 Å². The molecule has 17 heavy (non-hydrogen) atoms. The van der Waals surface area contributed by atoms with E-state index in [9.17, 15) is 0 Å². The Morgan fingerprint density at radius 1 is 1.00 bits per heavy atom. The molecular formula is C12H15N5. The number of hydrogen-bond donors (Lipinski definition) is 2. The van der Waals surface area contributed by atoms with Gasteiger partial charge in [0.25, 0.3) is 0 Å². The highest BCUT2D eigenvalue weighted by Crippen LogP contribution is 2.32. The molecule has 0 aliphatic rings. The fourth-order valence-corrected chi connectivity index (χ4v) is 1.79. The fraction of sp³-hybridized carbons (Fsp3) is 0.250. The van der Waals surface area contributed by atoms with Crippen LogP contribution in [0.2, 0.25) is 0 Å². The third-order valence-corrected chi connectivity index (χ3v) is 2.82. The second-order valence-electron chi connectivity index (χ2n) is 4.39. The minimum Gasteiger partial charge on any atom is -0.382 e. The van der Waals surface area contributed by atoms with Gasteiger partial charge in [-0.2, -0.15) is 4.98 Å². The molecule has 0 radical (unpaired) electrons. The van der Waals surface area contributed by atoms with Gasteiger partial charge < -0.3 is 11.5 Å². The Morgan fingerprint density at radius 3 is 2.24 bits per heavy atom. The van der Waals surface area contributed by atoms with Gasteiger partial charge in [0.1, 0.15) is 5.69 Å². The summed E-state index contributed by atoms with van der Waals surface area (Å²) in [4.78, 5) is 3.95. The summed E-state index contributed by atoms with van der Waals surface area (Å²) >= 11 is 0. The first kappa shape index (κ1) is 11.3. The molecule has 5 heteroatoms. The molecule has 0 aliphatic heterocycles. The van der Waals surface area contributed by atoms with Crippen LogP contribution in [0, 0.1) is 0 Å². The second-order valence-corrected chi connectivity index (χ2v) is 4.39. The lowest BCUT2D eigenvalue weighted by atomic mass is 9.81. The summed E-state index contributed by atoms with van der Waals surface area (Å²) in [5.41, 5.74) is 12.7. The molecule has 0 saturated heterocycles. The number of nitrogen functional groups attached to an aromatic ring is 2. The van der Waals surface area contributed by atoms with Crippen LogP contribution in [0.4, 0.5) is 11.8 Å². The number of rotatable bonds is 2. The molecule has 0 fully saturated rings. The average molecular weight is 229 g/mol. The molecule has 1 heterocycles. The van der Waals surface area contributed by atoms with Crippen molar-refractivity contribution >= 4 is 11.8 Å². The number of nitrogens with zero attached hydrogens (tertiary/aromatic N) is 3. The van der Waals surface area contributed by atoms with Crippen molar-refractivity contribution in [2.75, 3.05) is 11.5 Å². The zero-order chi connectivity index (χ0) is 12.5. The van der Waals surface area contributed by atoms with Gasteiger partial charge in [-0.1, -0.05) is 30.3 Å². The van der Waals surface area contributed by atoms with E-state index < -0.39 is 0 Å². The first-order valence-electron chi connectivity index (χ1n) is 5.33. The Morgan fingerprint density at radius 2 is 1.65 bits per heavy atom. The largest absolute Gasteiger partial charge is 0.382 e. The first-order chi connectivity index (χ1) is 8.01. The van der Waals surface area contributed by atoms with E-state index in [4.69, 9.17) is 11.5 Å². The monoisotopic (exact) mass is 229 g/mol. The van der Waals surface area contributed by atoms with Crippen molar-refractivity contribution < 1.29 is 0 Å². The lowest BCUT2D eigenvalue weighted by Crippen LogP contribution is -2.24. The van der Waals surface area contributed by atoms with Crippen molar-refractivity contribution in [3.8, 4) is 0 Å². The minimum atomic E-state index is -0.348. The summed E-state index contributed by atoms with van der Waals surface area (Å²) < 4.78 is 0. The smallest absolute Gasteiger partial charge is 0.242 e. The molecule has 0 spiro atoms. The highest BCUT2D eigenvalue weighted by atomic mass is 15.2. The third-order valence-electron chi connectivity index (χ3n) is 2.82. The number of hydrogen-bond acceptors (Lipinski definition) is 5. The van der Waals surface area contributed by atoms with Gasteiger partial charge >= 0.3 is 0 Å². The Bertz CT molecular complexity index is 522. The highest BCUT2D eigenvalue weighted by molar-refractivity contribution is 5.46. The van der Waals surface area contributed by atoms with Crippen molar-refractivity contribution in [3.63, 3.8) is 0 Å². The van der Waals surface area contributed by atoms with Crippen LogP contribution in [-0.4, -0.2) is 15.2 Å². The molecule has 0 unspecified atom stereocenters. The van der Waals surface area contributed by atoms with Crippen LogP contribution >= 0.6 is 0 Å². The van der Waals surface area contributed by atoms with Gasteiger partial charge in [-0.3, -0.25) is 0 Å². The molecule has 5 nitrogen and oxygen atoms in total. The molecule has 0 bridgehead atoms. The fourth-order valence-electron chi connectivity index (χ4n) is 1.79. The maximum atomic E-state index is 5.85. The van der Waals surface area contributed by atoms with E-state index >= 15 is 0 Å². The maximum Gasteiger partial charge on any atom is 0.242 e. The Labute approximate surface area is 99.9 Å². The van der Waals surface area contributed by atoms with Crippen LogP contribution < -0.4 is 11.5 Å². The van der Waals surface area contributed by atoms with Crippen LogP contribution in [0.1, 0.15) is 25.1 Å². The van der Waals surface area contributed by atoms with E-state index in [1.807, 2.05) is 44.2 Å². The Balaban J connectivity index is 2.52. The SMILES string of the molecule is CC(C)(c1ccccc1)c1nnc(N)nc1N. The summed E-state index contributed by atoms with van der Waals surface area (Å²) in [5, 5.41) is 7.83. The quantitative estimate of drug-likeness (QED) is 0.811. The summed E-state index contributed by atoms with van der Waals surface area (Å²) in [5.74, 6) is 0.418. The van der Waals surface area contributed by atoms with Crippen molar-refractivity contribution in [2.24, 2.45) is 0 Å². The summed E-state index contributed by atoms with van der Waals surface area (Å²) in [6.45, 7) is 4.06.